The number of hydrogen-bond acceptors (Lipinski definition) is 2. The summed E-state index contributed by atoms with van der Waals surface area (Å²) in [6.07, 6.45) is 6.93. The van der Waals surface area contributed by atoms with Gasteiger partial charge in [-0.1, -0.05) is 26.7 Å². The van der Waals surface area contributed by atoms with Crippen molar-refractivity contribution in [1.29, 1.82) is 0 Å². The first-order valence-electron chi connectivity index (χ1n) is 8.29. The summed E-state index contributed by atoms with van der Waals surface area (Å²) in [5.74, 6) is 0.145. The van der Waals surface area contributed by atoms with Crippen molar-refractivity contribution in [2.45, 2.75) is 70.9 Å². The summed E-state index contributed by atoms with van der Waals surface area (Å²) in [6, 6.07) is -0.686. The molecule has 2 amide bonds. The third-order valence-electron chi connectivity index (χ3n) is 4.84. The van der Waals surface area contributed by atoms with Gasteiger partial charge in [-0.25, -0.2) is 9.59 Å². The van der Waals surface area contributed by atoms with E-state index in [2.05, 4.69) is 19.2 Å². The molecular weight excluding hydrogens is 268 g/mol. The van der Waals surface area contributed by atoms with Gasteiger partial charge < -0.3 is 15.3 Å². The van der Waals surface area contributed by atoms with E-state index >= 15 is 0 Å². The van der Waals surface area contributed by atoms with Crippen LogP contribution in [0.25, 0.3) is 0 Å². The molecule has 3 atom stereocenters. The van der Waals surface area contributed by atoms with Crippen molar-refractivity contribution >= 4 is 12.0 Å². The van der Waals surface area contributed by atoms with Gasteiger partial charge in [0.05, 0.1) is 0 Å². The van der Waals surface area contributed by atoms with Gasteiger partial charge >= 0.3 is 12.0 Å². The molecule has 2 aliphatic rings. The van der Waals surface area contributed by atoms with E-state index in [9.17, 15) is 14.7 Å². The number of carbonyl (C=O) groups excluding carboxylic acids is 1. The molecule has 21 heavy (non-hydrogen) atoms. The van der Waals surface area contributed by atoms with Crippen LogP contribution < -0.4 is 5.32 Å². The summed E-state index contributed by atoms with van der Waals surface area (Å²) in [5, 5.41) is 12.3. The van der Waals surface area contributed by atoms with E-state index in [4.69, 9.17) is 0 Å². The van der Waals surface area contributed by atoms with E-state index in [1.807, 2.05) is 0 Å². The Kier molecular flexibility index (Phi) is 5.48. The van der Waals surface area contributed by atoms with Gasteiger partial charge in [-0.3, -0.25) is 0 Å². The van der Waals surface area contributed by atoms with Gasteiger partial charge in [-0.15, -0.1) is 0 Å². The molecular formula is C16H28N2O3. The lowest BCUT2D eigenvalue weighted by Crippen LogP contribution is -2.50. The minimum atomic E-state index is -0.860. The molecule has 1 aliphatic heterocycles. The van der Waals surface area contributed by atoms with Crippen LogP contribution in [0, 0.1) is 11.8 Å². The fourth-order valence-electron chi connectivity index (χ4n) is 3.77. The zero-order chi connectivity index (χ0) is 15.4. The largest absolute Gasteiger partial charge is 0.480 e. The number of nitrogens with zero attached hydrogens (tertiary/aromatic N) is 1. The fourth-order valence-corrected chi connectivity index (χ4v) is 3.77. The molecule has 1 aliphatic carbocycles. The summed E-state index contributed by atoms with van der Waals surface area (Å²) in [5.41, 5.74) is 0. The maximum absolute atomic E-state index is 12.4. The second kappa shape index (κ2) is 7.14. The van der Waals surface area contributed by atoms with Crippen LogP contribution in [0.15, 0.2) is 0 Å². The molecule has 5 heteroatoms. The summed E-state index contributed by atoms with van der Waals surface area (Å²) in [4.78, 5) is 25.5. The summed E-state index contributed by atoms with van der Waals surface area (Å²) in [6.45, 7) is 4.96. The molecule has 1 saturated carbocycles. The number of urea groups is 1. The number of fused-ring (bicyclic) bond motifs is 1. The molecule has 5 nitrogen and oxygen atoms in total. The van der Waals surface area contributed by atoms with Crippen LogP contribution in [-0.4, -0.2) is 40.6 Å². The SMILES string of the molecule is CC(C)CCCNC(=O)N1C(C(=O)O)CC2CCCCC21. The quantitative estimate of drug-likeness (QED) is 0.766. The average Bonchev–Trinajstić information content (AvgIpc) is 2.83. The van der Waals surface area contributed by atoms with E-state index in [1.54, 1.807) is 4.90 Å². The second-order valence-corrected chi connectivity index (χ2v) is 6.88. The van der Waals surface area contributed by atoms with E-state index in [0.717, 1.165) is 38.5 Å². The standard InChI is InChI=1S/C16H28N2O3/c1-11(2)6-5-9-17-16(21)18-13-8-4-3-7-12(13)10-14(18)15(19)20/h11-14H,3-10H2,1-2H3,(H,17,21)(H,19,20). The zero-order valence-corrected chi connectivity index (χ0v) is 13.2. The molecule has 2 fully saturated rings. The van der Waals surface area contributed by atoms with Crippen molar-refractivity contribution < 1.29 is 14.7 Å². The van der Waals surface area contributed by atoms with Gasteiger partial charge in [0.15, 0.2) is 0 Å². The highest BCUT2D eigenvalue weighted by atomic mass is 16.4. The second-order valence-electron chi connectivity index (χ2n) is 6.88. The summed E-state index contributed by atoms with van der Waals surface area (Å²) < 4.78 is 0. The van der Waals surface area contributed by atoms with Gasteiger partial charge in [0.1, 0.15) is 6.04 Å². The molecule has 0 radical (unpaired) electrons. The predicted octanol–water partition coefficient (Wildman–Crippen LogP) is 2.85. The van der Waals surface area contributed by atoms with Crippen LogP contribution in [0.5, 0.6) is 0 Å². The lowest BCUT2D eigenvalue weighted by atomic mass is 9.85. The topological polar surface area (TPSA) is 69.6 Å². The van der Waals surface area contributed by atoms with Gasteiger partial charge in [-0.2, -0.15) is 0 Å². The minimum absolute atomic E-state index is 0.130. The van der Waals surface area contributed by atoms with Crippen molar-refractivity contribution in [2.24, 2.45) is 11.8 Å². The Labute approximate surface area is 127 Å². The van der Waals surface area contributed by atoms with E-state index in [1.165, 1.54) is 0 Å². The highest BCUT2D eigenvalue weighted by Crippen LogP contribution is 2.39. The highest BCUT2D eigenvalue weighted by Gasteiger charge is 2.47. The number of carboxylic acids is 1. The van der Waals surface area contributed by atoms with E-state index < -0.39 is 12.0 Å². The number of nitrogens with one attached hydrogen (secondary N) is 1. The van der Waals surface area contributed by atoms with Gasteiger partial charge in [0, 0.05) is 12.6 Å². The van der Waals surface area contributed by atoms with Crippen LogP contribution in [0.1, 0.15) is 58.8 Å². The van der Waals surface area contributed by atoms with Crippen LogP contribution >= 0.6 is 0 Å². The first kappa shape index (κ1) is 16.1. The molecule has 0 aromatic heterocycles. The Hall–Kier alpha value is -1.26. The van der Waals surface area contributed by atoms with Crippen LogP contribution in [0.2, 0.25) is 0 Å². The van der Waals surface area contributed by atoms with Crippen molar-refractivity contribution in [3.63, 3.8) is 0 Å². The van der Waals surface area contributed by atoms with Crippen molar-refractivity contribution in [3.8, 4) is 0 Å². The number of aliphatic carboxylic acids is 1. The first-order chi connectivity index (χ1) is 10.0. The van der Waals surface area contributed by atoms with E-state index in [-0.39, 0.29) is 12.1 Å². The fraction of sp³-hybridized carbons (Fsp3) is 0.875. The van der Waals surface area contributed by atoms with Gasteiger partial charge in [0.2, 0.25) is 0 Å². The Morgan fingerprint density at radius 2 is 2.00 bits per heavy atom. The molecule has 1 heterocycles. The van der Waals surface area contributed by atoms with Crippen molar-refractivity contribution in [2.75, 3.05) is 6.54 Å². The lowest BCUT2D eigenvalue weighted by molar-refractivity contribution is -0.141. The number of hydrogen-bond donors (Lipinski definition) is 2. The minimum Gasteiger partial charge on any atom is -0.480 e. The molecule has 0 spiro atoms. The van der Waals surface area contributed by atoms with Crippen molar-refractivity contribution in [1.82, 2.24) is 10.2 Å². The Balaban J connectivity index is 1.93. The monoisotopic (exact) mass is 296 g/mol. The highest BCUT2D eigenvalue weighted by molar-refractivity contribution is 5.83. The third kappa shape index (κ3) is 3.89. The molecule has 0 bridgehead atoms. The summed E-state index contributed by atoms with van der Waals surface area (Å²) >= 11 is 0. The van der Waals surface area contributed by atoms with Crippen LogP contribution in [0.4, 0.5) is 4.79 Å². The Morgan fingerprint density at radius 1 is 1.29 bits per heavy atom. The lowest BCUT2D eigenvalue weighted by Gasteiger charge is -2.33. The third-order valence-corrected chi connectivity index (χ3v) is 4.84. The number of likely N-dealkylation sites (tertiary alicyclic amines) is 1. The molecule has 0 aromatic rings. The van der Waals surface area contributed by atoms with Gasteiger partial charge in [0.25, 0.3) is 0 Å². The first-order valence-corrected chi connectivity index (χ1v) is 8.29. The molecule has 2 rings (SSSR count). The molecule has 1 saturated heterocycles. The smallest absolute Gasteiger partial charge is 0.326 e. The number of carbonyl (C=O) groups is 2. The van der Waals surface area contributed by atoms with Gasteiger partial charge in [-0.05, 0) is 43.9 Å². The normalized spacial score (nSPS) is 28.5. The number of amides is 2. The molecule has 120 valence electrons. The van der Waals surface area contributed by atoms with Crippen LogP contribution in [0.3, 0.4) is 0 Å². The van der Waals surface area contributed by atoms with Crippen molar-refractivity contribution in [3.05, 3.63) is 0 Å². The van der Waals surface area contributed by atoms with Crippen LogP contribution in [-0.2, 0) is 4.79 Å². The van der Waals surface area contributed by atoms with E-state index in [0.29, 0.717) is 24.8 Å². The number of carboxylic acid groups (broad SMARTS) is 1. The molecule has 2 N–H and O–H groups in total. The maximum Gasteiger partial charge on any atom is 0.326 e. The Bertz CT molecular complexity index is 384. The average molecular weight is 296 g/mol. The summed E-state index contributed by atoms with van der Waals surface area (Å²) in [7, 11) is 0. The molecule has 0 aromatic carbocycles. The Morgan fingerprint density at radius 3 is 2.67 bits per heavy atom. The predicted molar refractivity (Wildman–Crippen MR) is 81.1 cm³/mol. The maximum atomic E-state index is 12.4. The molecule has 3 unspecified atom stereocenters. The zero-order valence-electron chi connectivity index (χ0n) is 13.2. The number of rotatable bonds is 5.